The second-order valence-electron chi connectivity index (χ2n) is 7.40. The molecule has 0 saturated carbocycles. The largest absolute Gasteiger partial charge is 0.241 e. The predicted molar refractivity (Wildman–Crippen MR) is 107 cm³/mol. The molecule has 0 aliphatic carbocycles. The summed E-state index contributed by atoms with van der Waals surface area (Å²) in [4.78, 5) is 1.48. The summed E-state index contributed by atoms with van der Waals surface area (Å²) in [6.45, 7) is 12.9. The van der Waals surface area contributed by atoms with Crippen LogP contribution in [0.1, 0.15) is 80.9 Å². The SMILES string of the molecule is CC(C)c1cc(C(C)C)c(S(=O)(=O)NCc2cccs2)c(C(C)C)c1. The van der Waals surface area contributed by atoms with E-state index in [9.17, 15) is 8.42 Å². The van der Waals surface area contributed by atoms with Crippen LogP contribution in [0.2, 0.25) is 0 Å². The molecule has 138 valence electrons. The van der Waals surface area contributed by atoms with Crippen molar-refractivity contribution in [1.82, 2.24) is 4.72 Å². The van der Waals surface area contributed by atoms with Gasteiger partial charge in [0.25, 0.3) is 0 Å². The first-order valence-corrected chi connectivity index (χ1v) is 11.2. The molecule has 3 nitrogen and oxygen atoms in total. The maximum atomic E-state index is 13.2. The lowest BCUT2D eigenvalue weighted by Crippen LogP contribution is -2.26. The van der Waals surface area contributed by atoms with Crippen molar-refractivity contribution in [3.05, 3.63) is 51.2 Å². The lowest BCUT2D eigenvalue weighted by Gasteiger charge is -2.22. The van der Waals surface area contributed by atoms with Crippen LogP contribution in [-0.4, -0.2) is 8.42 Å². The Morgan fingerprint density at radius 2 is 1.52 bits per heavy atom. The van der Waals surface area contributed by atoms with Crippen molar-refractivity contribution in [2.24, 2.45) is 0 Å². The molecule has 0 unspecified atom stereocenters. The number of benzene rings is 1. The summed E-state index contributed by atoms with van der Waals surface area (Å²) in [5.74, 6) is 0.653. The van der Waals surface area contributed by atoms with E-state index in [2.05, 4.69) is 58.4 Å². The van der Waals surface area contributed by atoms with E-state index in [1.807, 2.05) is 17.5 Å². The number of nitrogens with one attached hydrogen (secondary N) is 1. The van der Waals surface area contributed by atoms with Crippen LogP contribution in [0.5, 0.6) is 0 Å². The van der Waals surface area contributed by atoms with Gasteiger partial charge >= 0.3 is 0 Å². The molecule has 2 rings (SSSR count). The second-order valence-corrected chi connectivity index (χ2v) is 10.1. The topological polar surface area (TPSA) is 46.2 Å². The van der Waals surface area contributed by atoms with E-state index in [4.69, 9.17) is 0 Å². The van der Waals surface area contributed by atoms with Crippen molar-refractivity contribution < 1.29 is 8.42 Å². The molecule has 2 aromatic rings. The Hall–Kier alpha value is -1.17. The highest BCUT2D eigenvalue weighted by Crippen LogP contribution is 2.35. The van der Waals surface area contributed by atoms with Crippen molar-refractivity contribution >= 4 is 21.4 Å². The van der Waals surface area contributed by atoms with Crippen LogP contribution >= 0.6 is 11.3 Å². The predicted octanol–water partition coefficient (Wildman–Crippen LogP) is 5.60. The van der Waals surface area contributed by atoms with Crippen molar-refractivity contribution in [1.29, 1.82) is 0 Å². The fourth-order valence-corrected chi connectivity index (χ4v) is 5.29. The quantitative estimate of drug-likeness (QED) is 0.681. The van der Waals surface area contributed by atoms with Gasteiger partial charge in [-0.3, -0.25) is 0 Å². The first-order chi connectivity index (χ1) is 11.6. The minimum Gasteiger partial charge on any atom is -0.207 e. The summed E-state index contributed by atoms with van der Waals surface area (Å²) >= 11 is 1.56. The van der Waals surface area contributed by atoms with Crippen LogP contribution in [0.4, 0.5) is 0 Å². The molecule has 0 radical (unpaired) electrons. The Kier molecular flexibility index (Phi) is 6.46. The fourth-order valence-electron chi connectivity index (χ4n) is 2.85. The van der Waals surface area contributed by atoms with Gasteiger partial charge in [0.1, 0.15) is 0 Å². The molecule has 1 N–H and O–H groups in total. The average Bonchev–Trinajstić information content (AvgIpc) is 3.05. The Morgan fingerprint density at radius 1 is 0.960 bits per heavy atom. The third kappa shape index (κ3) is 4.72. The molecule has 0 aliphatic rings. The molecule has 0 fully saturated rings. The first kappa shape index (κ1) is 20.1. The van der Waals surface area contributed by atoms with Crippen LogP contribution in [0.15, 0.2) is 34.5 Å². The van der Waals surface area contributed by atoms with E-state index in [1.165, 1.54) is 5.56 Å². The Balaban J connectivity index is 2.56. The van der Waals surface area contributed by atoms with Gasteiger partial charge in [0.2, 0.25) is 10.0 Å². The molecule has 5 heteroatoms. The maximum absolute atomic E-state index is 13.2. The van der Waals surface area contributed by atoms with Gasteiger partial charge in [-0.1, -0.05) is 59.7 Å². The molecular formula is C20H29NO2S2. The van der Waals surface area contributed by atoms with E-state index in [0.717, 1.165) is 16.0 Å². The highest BCUT2D eigenvalue weighted by Gasteiger charge is 2.26. The molecule has 0 saturated heterocycles. The Bertz CT molecular complexity index is 775. The van der Waals surface area contributed by atoms with Crippen LogP contribution in [0.3, 0.4) is 0 Å². The number of thiophene rings is 1. The summed E-state index contributed by atoms with van der Waals surface area (Å²) in [7, 11) is -3.57. The number of hydrogen-bond acceptors (Lipinski definition) is 3. The third-order valence-corrected chi connectivity index (χ3v) is 6.77. The number of hydrogen-bond donors (Lipinski definition) is 1. The van der Waals surface area contributed by atoms with Gasteiger partial charge in [0.15, 0.2) is 0 Å². The normalized spacial score (nSPS) is 12.5. The smallest absolute Gasteiger partial charge is 0.207 e. The van der Waals surface area contributed by atoms with E-state index in [0.29, 0.717) is 17.4 Å². The molecule has 1 aromatic heterocycles. The lowest BCUT2D eigenvalue weighted by atomic mass is 9.89. The Morgan fingerprint density at radius 3 is 1.92 bits per heavy atom. The van der Waals surface area contributed by atoms with Gasteiger partial charge < -0.3 is 0 Å². The zero-order chi connectivity index (χ0) is 18.8. The zero-order valence-corrected chi connectivity index (χ0v) is 17.6. The van der Waals surface area contributed by atoms with E-state index in [-0.39, 0.29) is 11.8 Å². The summed E-state index contributed by atoms with van der Waals surface area (Å²) in [5.41, 5.74) is 3.02. The Labute approximate surface area is 156 Å². The molecular weight excluding hydrogens is 350 g/mol. The van der Waals surface area contributed by atoms with Crippen LogP contribution in [0, 0.1) is 0 Å². The minimum atomic E-state index is -3.57. The zero-order valence-electron chi connectivity index (χ0n) is 16.0. The highest BCUT2D eigenvalue weighted by molar-refractivity contribution is 7.89. The molecule has 25 heavy (non-hydrogen) atoms. The van der Waals surface area contributed by atoms with E-state index >= 15 is 0 Å². The number of rotatable bonds is 7. The first-order valence-electron chi connectivity index (χ1n) is 8.83. The van der Waals surface area contributed by atoms with Gasteiger partial charge in [-0.05, 0) is 45.9 Å². The van der Waals surface area contributed by atoms with Crippen molar-refractivity contribution in [3.8, 4) is 0 Å². The lowest BCUT2D eigenvalue weighted by molar-refractivity contribution is 0.576. The summed E-state index contributed by atoms with van der Waals surface area (Å²) in [6.07, 6.45) is 0. The molecule has 0 spiro atoms. The minimum absolute atomic E-state index is 0.143. The second kappa shape index (κ2) is 8.02. The monoisotopic (exact) mass is 379 g/mol. The van der Waals surface area contributed by atoms with Gasteiger partial charge in [0.05, 0.1) is 4.90 Å². The maximum Gasteiger partial charge on any atom is 0.241 e. The molecule has 1 heterocycles. The van der Waals surface area contributed by atoms with Gasteiger partial charge in [0, 0.05) is 11.4 Å². The average molecular weight is 380 g/mol. The summed E-state index contributed by atoms with van der Waals surface area (Å²) in [6, 6.07) is 8.02. The molecule has 0 aliphatic heterocycles. The molecule has 0 bridgehead atoms. The molecule has 0 amide bonds. The van der Waals surface area contributed by atoms with Gasteiger partial charge in [-0.15, -0.1) is 11.3 Å². The third-order valence-electron chi connectivity index (χ3n) is 4.36. The van der Waals surface area contributed by atoms with Crippen LogP contribution < -0.4 is 4.72 Å². The number of sulfonamides is 1. The van der Waals surface area contributed by atoms with Gasteiger partial charge in [-0.2, -0.15) is 0 Å². The van der Waals surface area contributed by atoms with Crippen molar-refractivity contribution in [3.63, 3.8) is 0 Å². The fraction of sp³-hybridized carbons (Fsp3) is 0.500. The van der Waals surface area contributed by atoms with Crippen molar-refractivity contribution in [2.45, 2.75) is 70.7 Å². The van der Waals surface area contributed by atoms with Crippen LogP contribution in [-0.2, 0) is 16.6 Å². The summed E-state index contributed by atoms with van der Waals surface area (Å²) < 4.78 is 29.1. The van der Waals surface area contributed by atoms with Crippen molar-refractivity contribution in [2.75, 3.05) is 0 Å². The molecule has 1 aromatic carbocycles. The molecule has 0 atom stereocenters. The highest BCUT2D eigenvalue weighted by atomic mass is 32.2. The summed E-state index contributed by atoms with van der Waals surface area (Å²) in [5, 5.41) is 1.96. The van der Waals surface area contributed by atoms with Gasteiger partial charge in [-0.25, -0.2) is 13.1 Å². The standard InChI is InChI=1S/C20H29NO2S2/c1-13(2)16-10-18(14(3)4)20(19(11-16)15(5)6)25(22,23)21-12-17-8-7-9-24-17/h7-11,13-15,21H,12H2,1-6H3. The van der Waals surface area contributed by atoms with Crippen LogP contribution in [0.25, 0.3) is 0 Å². The van der Waals surface area contributed by atoms with E-state index in [1.54, 1.807) is 11.3 Å². The van der Waals surface area contributed by atoms with E-state index < -0.39 is 10.0 Å².